The van der Waals surface area contributed by atoms with E-state index in [0.29, 0.717) is 29.0 Å². The van der Waals surface area contributed by atoms with Gasteiger partial charge in [-0.3, -0.25) is 9.89 Å². The molecular formula is C12H13ClN4O2. The number of furan rings is 1. The first-order valence-electron chi connectivity index (χ1n) is 6.08. The number of nitrogens with one attached hydrogen (secondary N) is 1. The van der Waals surface area contributed by atoms with E-state index in [-0.39, 0.29) is 0 Å². The lowest BCUT2D eigenvalue weighted by Gasteiger charge is -2.15. The zero-order valence-electron chi connectivity index (χ0n) is 10.2. The molecule has 100 valence electrons. The molecule has 0 radical (unpaired) electrons. The molecule has 0 aliphatic carbocycles. The van der Waals surface area contributed by atoms with E-state index in [2.05, 4.69) is 15.1 Å². The summed E-state index contributed by atoms with van der Waals surface area (Å²) in [6, 6.07) is 3.32. The predicted molar refractivity (Wildman–Crippen MR) is 72.0 cm³/mol. The Kier molecular flexibility index (Phi) is 3.16. The van der Waals surface area contributed by atoms with E-state index >= 15 is 0 Å². The van der Waals surface area contributed by atoms with E-state index in [4.69, 9.17) is 16.0 Å². The Bertz CT molecular complexity index is 560. The van der Waals surface area contributed by atoms with Gasteiger partial charge in [-0.2, -0.15) is 5.10 Å². The maximum Gasteiger partial charge on any atom is 0.222 e. The van der Waals surface area contributed by atoms with Crippen molar-refractivity contribution < 1.29 is 9.21 Å². The van der Waals surface area contributed by atoms with Gasteiger partial charge in [0, 0.05) is 25.2 Å². The van der Waals surface area contributed by atoms with Crippen molar-refractivity contribution in [1.29, 1.82) is 0 Å². The lowest BCUT2D eigenvalue weighted by Crippen LogP contribution is -2.17. The molecule has 1 N–H and O–H groups in total. The van der Waals surface area contributed by atoms with Gasteiger partial charge >= 0.3 is 0 Å². The topological polar surface area (TPSA) is 65.4 Å². The average molecular weight is 281 g/mol. The van der Waals surface area contributed by atoms with Gasteiger partial charge in [-0.05, 0) is 12.8 Å². The summed E-state index contributed by atoms with van der Waals surface area (Å²) in [6.45, 7) is 1.86. The highest BCUT2D eigenvalue weighted by Gasteiger charge is 2.23. The molecule has 1 fully saturated rings. The van der Waals surface area contributed by atoms with Crippen molar-refractivity contribution in [2.75, 3.05) is 22.9 Å². The van der Waals surface area contributed by atoms with Gasteiger partial charge in [0.2, 0.25) is 18.2 Å². The SMILES string of the molecule is O=CN(c1ccn[nH]1)c1cc(Cl)c(N2CCCC2)o1. The lowest BCUT2D eigenvalue weighted by atomic mass is 10.4. The number of carbonyl (C=O) groups excluding carboxylic acids is 1. The zero-order chi connectivity index (χ0) is 13.2. The molecule has 7 heteroatoms. The number of anilines is 3. The highest BCUT2D eigenvalue weighted by atomic mass is 35.5. The molecule has 0 aromatic carbocycles. The fourth-order valence-corrected chi connectivity index (χ4v) is 2.46. The summed E-state index contributed by atoms with van der Waals surface area (Å²) in [5, 5.41) is 7.04. The Hall–Kier alpha value is -1.95. The summed E-state index contributed by atoms with van der Waals surface area (Å²) in [4.78, 5) is 14.6. The second-order valence-corrected chi connectivity index (χ2v) is 4.76. The maximum atomic E-state index is 11.2. The minimum absolute atomic E-state index is 0.381. The molecule has 3 heterocycles. The Labute approximate surface area is 114 Å². The number of H-pyrrole nitrogens is 1. The van der Waals surface area contributed by atoms with Gasteiger partial charge in [-0.1, -0.05) is 11.6 Å². The normalized spacial score (nSPS) is 14.9. The molecule has 1 aliphatic heterocycles. The summed E-state index contributed by atoms with van der Waals surface area (Å²) in [5.74, 6) is 1.54. The second-order valence-electron chi connectivity index (χ2n) is 4.35. The second kappa shape index (κ2) is 4.97. The molecule has 2 aromatic rings. The van der Waals surface area contributed by atoms with Crippen LogP contribution in [0.1, 0.15) is 12.8 Å². The molecule has 0 saturated carbocycles. The summed E-state index contributed by atoms with van der Waals surface area (Å²) < 4.78 is 5.72. The number of hydrogen-bond acceptors (Lipinski definition) is 4. The number of aromatic amines is 1. The average Bonchev–Trinajstić information content (AvgIpc) is 3.10. The third kappa shape index (κ3) is 2.19. The maximum absolute atomic E-state index is 11.2. The van der Waals surface area contributed by atoms with Crippen LogP contribution in [0.3, 0.4) is 0 Å². The van der Waals surface area contributed by atoms with Gasteiger partial charge in [0.05, 0.1) is 6.20 Å². The van der Waals surface area contributed by atoms with E-state index in [1.54, 1.807) is 18.3 Å². The smallest absolute Gasteiger partial charge is 0.222 e. The summed E-state index contributed by atoms with van der Waals surface area (Å²) in [5.41, 5.74) is 0. The van der Waals surface area contributed by atoms with Crippen LogP contribution in [0.5, 0.6) is 0 Å². The Morgan fingerprint density at radius 1 is 1.47 bits per heavy atom. The van der Waals surface area contributed by atoms with Crippen molar-refractivity contribution in [3.8, 4) is 0 Å². The number of rotatable bonds is 4. The minimum Gasteiger partial charge on any atom is -0.422 e. The largest absolute Gasteiger partial charge is 0.422 e. The standard InChI is InChI=1S/C12H13ClN4O2/c13-9-7-11(17(8-18)10-3-4-14-15-10)19-12(9)16-5-1-2-6-16/h3-4,7-8H,1-2,5-6H2,(H,14,15). The highest BCUT2D eigenvalue weighted by molar-refractivity contribution is 6.33. The number of nitrogens with zero attached hydrogens (tertiary/aromatic N) is 3. The van der Waals surface area contributed by atoms with Crippen molar-refractivity contribution in [2.24, 2.45) is 0 Å². The van der Waals surface area contributed by atoms with Crippen LogP contribution < -0.4 is 9.80 Å². The monoisotopic (exact) mass is 280 g/mol. The summed E-state index contributed by atoms with van der Waals surface area (Å²) in [7, 11) is 0. The van der Waals surface area contributed by atoms with Crippen LogP contribution in [0.15, 0.2) is 22.7 Å². The van der Waals surface area contributed by atoms with Crippen molar-refractivity contribution >= 4 is 35.6 Å². The molecule has 0 atom stereocenters. The van der Waals surface area contributed by atoms with Crippen molar-refractivity contribution in [3.63, 3.8) is 0 Å². The quantitative estimate of drug-likeness (QED) is 0.874. The third-order valence-electron chi connectivity index (χ3n) is 3.14. The molecule has 19 heavy (non-hydrogen) atoms. The van der Waals surface area contributed by atoms with Crippen LogP contribution in [0.4, 0.5) is 17.6 Å². The molecule has 1 amide bonds. The molecule has 1 saturated heterocycles. The van der Waals surface area contributed by atoms with E-state index < -0.39 is 0 Å². The Balaban J connectivity index is 1.92. The third-order valence-corrected chi connectivity index (χ3v) is 3.41. The fourth-order valence-electron chi connectivity index (χ4n) is 2.21. The first-order chi connectivity index (χ1) is 9.29. The molecule has 0 bridgehead atoms. The first-order valence-corrected chi connectivity index (χ1v) is 6.45. The number of carbonyl (C=O) groups is 1. The van der Waals surface area contributed by atoms with Crippen LogP contribution in [-0.2, 0) is 4.79 Å². The van der Waals surface area contributed by atoms with Crippen LogP contribution in [0.25, 0.3) is 0 Å². The predicted octanol–water partition coefficient (Wildman–Crippen LogP) is 2.55. The van der Waals surface area contributed by atoms with E-state index in [9.17, 15) is 4.79 Å². The number of hydrogen-bond donors (Lipinski definition) is 1. The van der Waals surface area contributed by atoms with Gasteiger partial charge in [0.1, 0.15) is 10.8 Å². The van der Waals surface area contributed by atoms with Gasteiger partial charge in [0.15, 0.2) is 0 Å². The first kappa shape index (κ1) is 12.1. The molecule has 2 aromatic heterocycles. The summed E-state index contributed by atoms with van der Waals surface area (Å²) in [6.07, 6.45) is 4.49. The molecule has 1 aliphatic rings. The van der Waals surface area contributed by atoms with Crippen LogP contribution in [0, 0.1) is 0 Å². The number of aromatic nitrogens is 2. The molecule has 3 rings (SSSR count). The van der Waals surface area contributed by atoms with E-state index in [1.165, 1.54) is 4.90 Å². The molecule has 6 nitrogen and oxygen atoms in total. The van der Waals surface area contributed by atoms with Crippen LogP contribution in [-0.4, -0.2) is 29.7 Å². The highest BCUT2D eigenvalue weighted by Crippen LogP contribution is 2.37. The van der Waals surface area contributed by atoms with E-state index in [0.717, 1.165) is 25.9 Å². The molecular weight excluding hydrogens is 268 g/mol. The van der Waals surface area contributed by atoms with E-state index in [1.807, 2.05) is 0 Å². The van der Waals surface area contributed by atoms with Crippen molar-refractivity contribution in [1.82, 2.24) is 10.2 Å². The molecule has 0 unspecified atom stereocenters. The van der Waals surface area contributed by atoms with Crippen molar-refractivity contribution in [2.45, 2.75) is 12.8 Å². The van der Waals surface area contributed by atoms with Crippen LogP contribution in [0.2, 0.25) is 5.02 Å². The minimum atomic E-state index is 0.381. The van der Waals surface area contributed by atoms with Crippen molar-refractivity contribution in [3.05, 3.63) is 23.4 Å². The van der Waals surface area contributed by atoms with Gasteiger partial charge < -0.3 is 9.32 Å². The zero-order valence-corrected chi connectivity index (χ0v) is 10.9. The van der Waals surface area contributed by atoms with Gasteiger partial charge in [0.25, 0.3) is 0 Å². The Morgan fingerprint density at radius 3 is 2.89 bits per heavy atom. The molecule has 0 spiro atoms. The van der Waals surface area contributed by atoms with Gasteiger partial charge in [-0.15, -0.1) is 0 Å². The fraction of sp³-hybridized carbons (Fsp3) is 0.333. The lowest BCUT2D eigenvalue weighted by molar-refractivity contribution is -0.107. The Morgan fingerprint density at radius 2 is 2.26 bits per heavy atom. The number of amides is 1. The summed E-state index contributed by atoms with van der Waals surface area (Å²) >= 11 is 6.18. The van der Waals surface area contributed by atoms with Gasteiger partial charge in [-0.25, -0.2) is 4.90 Å². The number of halogens is 1. The van der Waals surface area contributed by atoms with Crippen LogP contribution >= 0.6 is 11.6 Å².